The predicted octanol–water partition coefficient (Wildman–Crippen LogP) is 4.90. The number of piperidine rings is 1. The zero-order valence-electron chi connectivity index (χ0n) is 33.6. The highest BCUT2D eigenvalue weighted by molar-refractivity contribution is 6.04. The van der Waals surface area contributed by atoms with Crippen LogP contribution in [0.2, 0.25) is 0 Å². The van der Waals surface area contributed by atoms with E-state index in [9.17, 15) is 14.7 Å². The first-order chi connectivity index (χ1) is 24.6. The Bertz CT molecular complexity index is 1380. The van der Waals surface area contributed by atoms with Crippen LogP contribution >= 0.6 is 0 Å². The fourth-order valence-corrected chi connectivity index (χ4v) is 9.38. The molecule has 0 spiro atoms. The molecule has 1 N–H and O–H groups in total. The Morgan fingerprint density at radius 3 is 2.25 bits per heavy atom. The molecule has 292 valence electrons. The van der Waals surface area contributed by atoms with Gasteiger partial charge in [-0.15, -0.1) is 0 Å². The molecule has 0 saturated carbocycles. The molecule has 1 aromatic rings. The molecule has 3 saturated heterocycles. The fourth-order valence-electron chi connectivity index (χ4n) is 9.38. The summed E-state index contributed by atoms with van der Waals surface area (Å²) in [6.45, 7) is 17.2. The number of aliphatic hydroxyl groups excluding tert-OH is 1. The number of methoxy groups -OCH3 is 1. The number of likely N-dealkylation sites (tertiary alicyclic amines) is 1. The first kappa shape index (κ1) is 41.0. The van der Waals surface area contributed by atoms with E-state index in [4.69, 9.17) is 18.9 Å². The number of esters is 1. The highest BCUT2D eigenvalue weighted by Crippen LogP contribution is 2.38. The molecule has 0 bridgehead atoms. The van der Waals surface area contributed by atoms with Gasteiger partial charge >= 0.3 is 5.97 Å². The largest absolute Gasteiger partial charge is 0.463 e. The topological polar surface area (TPSA) is 101 Å². The van der Waals surface area contributed by atoms with Crippen molar-refractivity contribution in [1.29, 1.82) is 0 Å². The number of aliphatic hydroxyl groups is 1. The number of carbonyl (C=O) groups is 2. The maximum absolute atomic E-state index is 14.4. The quantitative estimate of drug-likeness (QED) is 0.238. The van der Waals surface area contributed by atoms with Crippen LogP contribution in [0.1, 0.15) is 85.3 Å². The lowest BCUT2D eigenvalue weighted by Crippen LogP contribution is -2.59. The molecule has 3 aliphatic heterocycles. The minimum Gasteiger partial charge on any atom is -0.463 e. The highest BCUT2D eigenvalue weighted by Gasteiger charge is 2.51. The van der Waals surface area contributed by atoms with E-state index in [1.54, 1.807) is 27.9 Å². The van der Waals surface area contributed by atoms with Crippen LogP contribution < -0.4 is 0 Å². The van der Waals surface area contributed by atoms with E-state index in [-0.39, 0.29) is 36.5 Å². The average molecular weight is 726 g/mol. The van der Waals surface area contributed by atoms with Gasteiger partial charge in [0.2, 0.25) is 0 Å². The van der Waals surface area contributed by atoms with Crippen molar-refractivity contribution < 1.29 is 33.6 Å². The molecule has 0 radical (unpaired) electrons. The number of benzene rings is 1. The van der Waals surface area contributed by atoms with Gasteiger partial charge in [0.25, 0.3) is 0 Å². The molecular weight excluding hydrogens is 658 g/mol. The summed E-state index contributed by atoms with van der Waals surface area (Å²) in [4.78, 5) is 35.3. The Morgan fingerprint density at radius 1 is 1.04 bits per heavy atom. The zero-order chi connectivity index (χ0) is 38.0. The van der Waals surface area contributed by atoms with Crippen LogP contribution in [0.4, 0.5) is 0 Å². The summed E-state index contributed by atoms with van der Waals surface area (Å²) in [6.07, 6.45) is 4.97. The number of carbonyl (C=O) groups excluding carboxylic acids is 2. The third kappa shape index (κ3) is 9.02. The summed E-state index contributed by atoms with van der Waals surface area (Å²) in [5.41, 5.74) is 2.01. The molecule has 4 aliphatic rings. The zero-order valence-corrected chi connectivity index (χ0v) is 33.6. The maximum Gasteiger partial charge on any atom is 0.319 e. The van der Waals surface area contributed by atoms with Crippen molar-refractivity contribution in [3.8, 4) is 0 Å². The molecule has 10 heteroatoms. The third-order valence-electron chi connectivity index (χ3n) is 12.6. The van der Waals surface area contributed by atoms with Gasteiger partial charge < -0.3 is 29.0 Å². The molecule has 0 unspecified atom stereocenters. The van der Waals surface area contributed by atoms with Gasteiger partial charge in [0.1, 0.15) is 18.1 Å². The van der Waals surface area contributed by atoms with E-state index < -0.39 is 41.4 Å². The first-order valence-corrected chi connectivity index (χ1v) is 19.7. The number of rotatable bonds is 7. The normalized spacial score (nSPS) is 36.1. The van der Waals surface area contributed by atoms with E-state index in [2.05, 4.69) is 54.0 Å². The molecule has 10 nitrogen and oxygen atoms in total. The second-order valence-electron chi connectivity index (χ2n) is 17.2. The van der Waals surface area contributed by atoms with Crippen molar-refractivity contribution in [2.24, 2.45) is 17.3 Å². The molecule has 1 aliphatic carbocycles. The number of ketones is 1. The molecule has 9 atom stereocenters. The van der Waals surface area contributed by atoms with Gasteiger partial charge in [-0.1, -0.05) is 56.7 Å². The fraction of sp³-hybridized carbons (Fsp3) is 0.762. The first-order valence-electron chi connectivity index (χ1n) is 19.7. The molecule has 52 heavy (non-hydrogen) atoms. The van der Waals surface area contributed by atoms with E-state index in [0.29, 0.717) is 18.9 Å². The molecule has 0 aromatic heterocycles. The third-order valence-corrected chi connectivity index (χ3v) is 12.6. The number of cyclic esters (lactones) is 1. The van der Waals surface area contributed by atoms with E-state index in [0.717, 1.165) is 51.9 Å². The van der Waals surface area contributed by atoms with Crippen molar-refractivity contribution in [2.75, 3.05) is 54.0 Å². The van der Waals surface area contributed by atoms with E-state index >= 15 is 0 Å². The molecule has 3 fully saturated rings. The number of ether oxygens (including phenoxy) is 4. The Hall–Kier alpha value is -2.18. The van der Waals surface area contributed by atoms with Crippen molar-refractivity contribution in [3.05, 3.63) is 47.0 Å². The minimum absolute atomic E-state index is 0.117. The van der Waals surface area contributed by atoms with Gasteiger partial charge in [0.15, 0.2) is 12.1 Å². The molecule has 3 heterocycles. The number of nitrogens with zero attached hydrogens (tertiary/aromatic N) is 3. The lowest BCUT2D eigenvalue weighted by molar-refractivity contribution is -0.295. The van der Waals surface area contributed by atoms with Gasteiger partial charge in [0.05, 0.1) is 23.9 Å². The van der Waals surface area contributed by atoms with E-state index in [1.807, 2.05) is 32.8 Å². The Labute approximate surface area is 313 Å². The van der Waals surface area contributed by atoms with Crippen LogP contribution in [-0.2, 0) is 41.4 Å². The maximum atomic E-state index is 14.4. The Balaban J connectivity index is 1.37. The predicted molar refractivity (Wildman–Crippen MR) is 203 cm³/mol. The Kier molecular flexibility index (Phi) is 13.5. The summed E-state index contributed by atoms with van der Waals surface area (Å²) in [5.74, 6) is -1.45. The minimum atomic E-state index is -1.43. The second-order valence-corrected chi connectivity index (χ2v) is 17.2. The molecule has 1 aromatic carbocycles. The number of fused-ring (bicyclic) bond motifs is 1. The van der Waals surface area contributed by atoms with Crippen molar-refractivity contribution in [3.63, 3.8) is 0 Å². The SMILES string of the molecule is CCN1C[C@H](C)C[C@@](C)(OC)[C@H](O[C@@H]2O[C@H](C)C[C@H](N(C)C)[C@H]2O)[C@@H](C)C(=O)C(C)(C)C(=O)OC[C@H]1C=C1CCN(C2Cc3ccccc3C2)CC1. The highest BCUT2D eigenvalue weighted by atomic mass is 16.7. The monoisotopic (exact) mass is 725 g/mol. The van der Waals surface area contributed by atoms with Crippen molar-refractivity contribution in [1.82, 2.24) is 14.7 Å². The summed E-state index contributed by atoms with van der Waals surface area (Å²) in [5, 5.41) is 11.4. The Morgan fingerprint density at radius 2 is 1.67 bits per heavy atom. The summed E-state index contributed by atoms with van der Waals surface area (Å²) >= 11 is 0. The second kappa shape index (κ2) is 17.1. The van der Waals surface area contributed by atoms with Crippen LogP contribution in [-0.4, -0.2) is 134 Å². The number of hydrogen-bond acceptors (Lipinski definition) is 10. The van der Waals surface area contributed by atoms with Gasteiger partial charge in [-0.05, 0) is 104 Å². The van der Waals surface area contributed by atoms with Crippen LogP contribution in [0, 0.1) is 17.3 Å². The lowest BCUT2D eigenvalue weighted by Gasteiger charge is -2.47. The van der Waals surface area contributed by atoms with Crippen LogP contribution in [0.15, 0.2) is 35.9 Å². The van der Waals surface area contributed by atoms with Crippen LogP contribution in [0.5, 0.6) is 0 Å². The standard InChI is InChI=1S/C42H67N3O7/c1-11-44-25-27(2)24-42(7,49-10)38(52-39-36(46)35(43(8)9)20-28(3)51-39)29(4)37(47)41(5,6)40(48)50-26-34(44)21-30-16-18-45(19-17-30)33-22-31-14-12-13-15-32(31)23-33/h12-15,21,27-29,33-36,38-39,46H,11,16-20,22-26H2,1-10H3/t27-,28-,29+,34-,35+,36-,38-,39+,42-/m1/s1. The van der Waals surface area contributed by atoms with Gasteiger partial charge in [0, 0.05) is 44.7 Å². The van der Waals surface area contributed by atoms with Crippen LogP contribution in [0.3, 0.4) is 0 Å². The molecular formula is C42H67N3O7. The van der Waals surface area contributed by atoms with Crippen molar-refractivity contribution in [2.45, 2.75) is 135 Å². The smallest absolute Gasteiger partial charge is 0.319 e. The summed E-state index contributed by atoms with van der Waals surface area (Å²) in [7, 11) is 5.53. The van der Waals surface area contributed by atoms with E-state index in [1.165, 1.54) is 16.7 Å². The van der Waals surface area contributed by atoms with Gasteiger partial charge in [-0.25, -0.2) is 0 Å². The average Bonchev–Trinajstić information content (AvgIpc) is 3.56. The van der Waals surface area contributed by atoms with Gasteiger partial charge in [-0.2, -0.15) is 0 Å². The molecule has 5 rings (SSSR count). The summed E-state index contributed by atoms with van der Waals surface area (Å²) in [6, 6.07) is 9.10. The number of Topliss-reactive ketones (excluding diaryl/α,β-unsaturated/α-hetero) is 1. The number of hydrogen-bond donors (Lipinski definition) is 1. The van der Waals surface area contributed by atoms with Crippen LogP contribution in [0.25, 0.3) is 0 Å². The summed E-state index contributed by atoms with van der Waals surface area (Å²) < 4.78 is 25.3. The van der Waals surface area contributed by atoms with Crippen molar-refractivity contribution >= 4 is 11.8 Å². The number of likely N-dealkylation sites (N-methyl/N-ethyl adjacent to an activating group) is 2. The van der Waals surface area contributed by atoms with Gasteiger partial charge in [-0.3, -0.25) is 19.4 Å². The molecule has 0 amide bonds. The lowest BCUT2D eigenvalue weighted by atomic mass is 9.74.